The fourth-order valence-corrected chi connectivity index (χ4v) is 0.696. The Kier molecular flexibility index (Phi) is 2.74. The Morgan fingerprint density at radius 1 is 1.82 bits per heavy atom. The fourth-order valence-electron chi connectivity index (χ4n) is 0.696. The lowest BCUT2D eigenvalue weighted by atomic mass is 10.4. The van der Waals surface area contributed by atoms with Crippen molar-refractivity contribution in [2.24, 2.45) is 5.18 Å². The van der Waals surface area contributed by atoms with Crippen molar-refractivity contribution < 1.29 is 4.74 Å². The molecule has 1 rings (SSSR count). The summed E-state index contributed by atoms with van der Waals surface area (Å²) in [7, 11) is 0. The van der Waals surface area contributed by atoms with Crippen LogP contribution in [-0.2, 0) is 11.3 Å². The zero-order chi connectivity index (χ0) is 8.10. The fraction of sp³-hybridized carbons (Fsp3) is 0.500. The van der Waals surface area contributed by atoms with Gasteiger partial charge in [-0.25, -0.2) is 0 Å². The molecule has 1 aromatic rings. The zero-order valence-corrected chi connectivity index (χ0v) is 6.20. The van der Waals surface area contributed by atoms with Crippen molar-refractivity contribution in [1.29, 1.82) is 0 Å². The molecule has 0 atom stereocenters. The molecule has 0 bridgehead atoms. The smallest absolute Gasteiger partial charge is 0.151 e. The van der Waals surface area contributed by atoms with E-state index in [-0.39, 0.29) is 0 Å². The van der Waals surface area contributed by atoms with Gasteiger partial charge in [0.05, 0.1) is 18.5 Å². The van der Waals surface area contributed by atoms with Gasteiger partial charge in [0, 0.05) is 6.61 Å². The molecule has 5 heteroatoms. The molecular formula is C6H9N3O2. The quantitative estimate of drug-likeness (QED) is 0.667. The molecule has 0 aromatic carbocycles. The van der Waals surface area contributed by atoms with E-state index < -0.39 is 0 Å². The number of ether oxygens (including phenoxy) is 1. The molecule has 0 radical (unpaired) electrons. The summed E-state index contributed by atoms with van der Waals surface area (Å²) >= 11 is 0. The molecule has 0 fully saturated rings. The molecule has 0 aliphatic heterocycles. The molecule has 60 valence electrons. The van der Waals surface area contributed by atoms with E-state index in [4.69, 9.17) is 4.74 Å². The average molecular weight is 155 g/mol. The van der Waals surface area contributed by atoms with Crippen LogP contribution in [0.15, 0.2) is 11.4 Å². The third kappa shape index (κ3) is 1.84. The number of aromatic amines is 1. The van der Waals surface area contributed by atoms with Gasteiger partial charge in [0.25, 0.3) is 0 Å². The predicted octanol–water partition coefficient (Wildman–Crippen LogP) is 1.34. The van der Waals surface area contributed by atoms with Crippen LogP contribution in [0.1, 0.15) is 12.6 Å². The van der Waals surface area contributed by atoms with Gasteiger partial charge in [0.15, 0.2) is 5.69 Å². The second kappa shape index (κ2) is 3.82. The number of aromatic nitrogens is 2. The number of nitrogens with zero attached hydrogens (tertiary/aromatic N) is 2. The SMILES string of the molecule is CCOCc1[nH]ncc1N=O. The molecule has 5 nitrogen and oxygen atoms in total. The summed E-state index contributed by atoms with van der Waals surface area (Å²) in [5.41, 5.74) is 0.945. The van der Waals surface area contributed by atoms with Crippen molar-refractivity contribution >= 4 is 5.69 Å². The number of hydrogen-bond acceptors (Lipinski definition) is 4. The van der Waals surface area contributed by atoms with Gasteiger partial charge in [-0.15, -0.1) is 4.91 Å². The van der Waals surface area contributed by atoms with Crippen LogP contribution in [0.25, 0.3) is 0 Å². The molecule has 0 amide bonds. The van der Waals surface area contributed by atoms with Crippen LogP contribution in [0.4, 0.5) is 5.69 Å². The van der Waals surface area contributed by atoms with Gasteiger partial charge in [-0.2, -0.15) is 5.10 Å². The summed E-state index contributed by atoms with van der Waals surface area (Å²) in [6.45, 7) is 2.85. The van der Waals surface area contributed by atoms with Crippen LogP contribution in [0.3, 0.4) is 0 Å². The minimum absolute atomic E-state index is 0.318. The van der Waals surface area contributed by atoms with Gasteiger partial charge in [-0.1, -0.05) is 0 Å². The van der Waals surface area contributed by atoms with Crippen LogP contribution >= 0.6 is 0 Å². The number of H-pyrrole nitrogens is 1. The van der Waals surface area contributed by atoms with Gasteiger partial charge in [-0.3, -0.25) is 5.10 Å². The highest BCUT2D eigenvalue weighted by Crippen LogP contribution is 2.15. The van der Waals surface area contributed by atoms with Gasteiger partial charge >= 0.3 is 0 Å². The van der Waals surface area contributed by atoms with Crippen LogP contribution < -0.4 is 0 Å². The highest BCUT2D eigenvalue weighted by Gasteiger charge is 2.03. The Balaban J connectivity index is 2.61. The number of hydrogen-bond donors (Lipinski definition) is 1. The predicted molar refractivity (Wildman–Crippen MR) is 39.4 cm³/mol. The molecule has 0 spiro atoms. The molecule has 0 aliphatic carbocycles. The van der Waals surface area contributed by atoms with E-state index in [0.29, 0.717) is 24.6 Å². The molecule has 11 heavy (non-hydrogen) atoms. The summed E-state index contributed by atoms with van der Waals surface area (Å²) in [5, 5.41) is 9.03. The molecule has 0 saturated heterocycles. The standard InChI is InChI=1S/C6H9N3O2/c1-2-11-4-6-5(9-10)3-7-8-6/h3H,2,4H2,1H3,(H,7,8). The van der Waals surface area contributed by atoms with E-state index in [9.17, 15) is 4.91 Å². The molecule has 0 aliphatic rings. The molecule has 1 aromatic heterocycles. The number of nitrogens with one attached hydrogen (secondary N) is 1. The number of rotatable bonds is 4. The first-order chi connectivity index (χ1) is 5.38. The van der Waals surface area contributed by atoms with E-state index in [0.717, 1.165) is 0 Å². The number of nitroso groups, excluding NO2 is 1. The monoisotopic (exact) mass is 155 g/mol. The maximum absolute atomic E-state index is 10.1. The van der Waals surface area contributed by atoms with Crippen LogP contribution in [0.2, 0.25) is 0 Å². The van der Waals surface area contributed by atoms with Gasteiger partial charge in [0.2, 0.25) is 0 Å². The van der Waals surface area contributed by atoms with E-state index in [1.807, 2.05) is 6.92 Å². The zero-order valence-electron chi connectivity index (χ0n) is 6.20. The van der Waals surface area contributed by atoms with E-state index in [2.05, 4.69) is 15.4 Å². The van der Waals surface area contributed by atoms with E-state index in [1.54, 1.807) is 0 Å². The maximum atomic E-state index is 10.1. The van der Waals surface area contributed by atoms with Crippen molar-refractivity contribution in [2.75, 3.05) is 6.61 Å². The minimum Gasteiger partial charge on any atom is -0.375 e. The topological polar surface area (TPSA) is 67.3 Å². The first kappa shape index (κ1) is 7.87. The Hall–Kier alpha value is -1.23. The second-order valence-electron chi connectivity index (χ2n) is 1.96. The molecule has 1 heterocycles. The lowest BCUT2D eigenvalue weighted by Gasteiger charge is -1.96. The summed E-state index contributed by atoms with van der Waals surface area (Å²) < 4.78 is 5.05. The molecule has 1 N–H and O–H groups in total. The van der Waals surface area contributed by atoms with Gasteiger partial charge in [0.1, 0.15) is 0 Å². The van der Waals surface area contributed by atoms with Crippen molar-refractivity contribution in [1.82, 2.24) is 10.2 Å². The van der Waals surface area contributed by atoms with Crippen molar-refractivity contribution in [2.45, 2.75) is 13.5 Å². The van der Waals surface area contributed by atoms with Crippen molar-refractivity contribution in [3.8, 4) is 0 Å². The van der Waals surface area contributed by atoms with Crippen molar-refractivity contribution in [3.63, 3.8) is 0 Å². The molecule has 0 unspecified atom stereocenters. The van der Waals surface area contributed by atoms with Crippen LogP contribution in [0, 0.1) is 4.91 Å². The Morgan fingerprint density at radius 3 is 3.27 bits per heavy atom. The summed E-state index contributed by atoms with van der Waals surface area (Å²) in [6, 6.07) is 0. The van der Waals surface area contributed by atoms with E-state index in [1.165, 1.54) is 6.20 Å². The third-order valence-electron chi connectivity index (χ3n) is 1.24. The van der Waals surface area contributed by atoms with Crippen LogP contribution in [0.5, 0.6) is 0 Å². The average Bonchev–Trinajstić information content (AvgIpc) is 2.47. The summed E-state index contributed by atoms with van der Waals surface area (Å²) in [6.07, 6.45) is 1.38. The van der Waals surface area contributed by atoms with Crippen molar-refractivity contribution in [3.05, 3.63) is 16.8 Å². The van der Waals surface area contributed by atoms with Gasteiger partial charge < -0.3 is 4.74 Å². The van der Waals surface area contributed by atoms with Crippen LogP contribution in [-0.4, -0.2) is 16.8 Å². The summed E-state index contributed by atoms with van der Waals surface area (Å²) in [4.78, 5) is 10.1. The first-order valence-corrected chi connectivity index (χ1v) is 3.31. The lowest BCUT2D eigenvalue weighted by Crippen LogP contribution is -1.92. The molecular weight excluding hydrogens is 146 g/mol. The minimum atomic E-state index is 0.318. The highest BCUT2D eigenvalue weighted by molar-refractivity contribution is 5.38. The lowest BCUT2D eigenvalue weighted by molar-refractivity contribution is 0.131. The normalized spacial score (nSPS) is 9.91. The Morgan fingerprint density at radius 2 is 2.64 bits per heavy atom. The first-order valence-electron chi connectivity index (χ1n) is 3.31. The molecule has 0 saturated carbocycles. The largest absolute Gasteiger partial charge is 0.375 e. The Labute approximate surface area is 63.7 Å². The Bertz CT molecular complexity index is 233. The van der Waals surface area contributed by atoms with Gasteiger partial charge in [-0.05, 0) is 12.1 Å². The van der Waals surface area contributed by atoms with E-state index >= 15 is 0 Å². The third-order valence-corrected chi connectivity index (χ3v) is 1.24. The highest BCUT2D eigenvalue weighted by atomic mass is 16.5. The second-order valence-corrected chi connectivity index (χ2v) is 1.96. The summed E-state index contributed by atoms with van der Waals surface area (Å²) in [5.74, 6) is 0. The maximum Gasteiger partial charge on any atom is 0.151 e.